The quantitative estimate of drug-likeness (QED) is 0.174. The first-order valence-corrected chi connectivity index (χ1v) is 17.0. The minimum Gasteiger partial charge on any atom is -0.135 e. The molecule has 218 valence electrons. The van der Waals surface area contributed by atoms with Crippen molar-refractivity contribution in [1.29, 1.82) is 0 Å². The number of fused-ring (bicyclic) bond motifs is 7. The van der Waals surface area contributed by atoms with Gasteiger partial charge in [0.2, 0.25) is 0 Å². The molecule has 9 aromatic carbocycles. The second-order valence-electron chi connectivity index (χ2n) is 12.5. The van der Waals surface area contributed by atoms with Gasteiger partial charge in [0.15, 0.2) is 0 Å². The summed E-state index contributed by atoms with van der Waals surface area (Å²) in [6.07, 6.45) is 0. The zero-order valence-electron chi connectivity index (χ0n) is 25.6. The molecule has 0 fully saturated rings. The Bertz CT molecular complexity index is 2780. The fourth-order valence-corrected chi connectivity index (χ4v) is 8.87. The van der Waals surface area contributed by atoms with Crippen LogP contribution in [-0.2, 0) is 0 Å². The van der Waals surface area contributed by atoms with Gasteiger partial charge in [0, 0.05) is 25.7 Å². The average Bonchev–Trinajstić information content (AvgIpc) is 3.50. The molecule has 0 saturated heterocycles. The van der Waals surface area contributed by atoms with Crippen molar-refractivity contribution in [2.24, 2.45) is 0 Å². The lowest BCUT2D eigenvalue weighted by Crippen LogP contribution is -1.91. The Hall–Kier alpha value is -5.76. The summed E-state index contributed by atoms with van der Waals surface area (Å²) >= 11 is 1.92. The van der Waals surface area contributed by atoms with Crippen LogP contribution in [0.25, 0.3) is 96.6 Å². The monoisotopic (exact) mass is 612 g/mol. The van der Waals surface area contributed by atoms with E-state index in [1.54, 1.807) is 0 Å². The molecule has 0 saturated carbocycles. The Balaban J connectivity index is 1.23. The van der Waals surface area contributed by atoms with E-state index in [-0.39, 0.29) is 0 Å². The maximum atomic E-state index is 2.37. The molecule has 1 heterocycles. The molecular weight excluding hydrogens is 585 g/mol. The van der Waals surface area contributed by atoms with Crippen molar-refractivity contribution in [3.8, 4) is 33.4 Å². The lowest BCUT2D eigenvalue weighted by atomic mass is 9.85. The molecule has 0 aliphatic heterocycles. The summed E-state index contributed by atoms with van der Waals surface area (Å²) in [4.78, 5) is 0. The highest BCUT2D eigenvalue weighted by Gasteiger charge is 2.19. The van der Waals surface area contributed by atoms with Gasteiger partial charge in [0.1, 0.15) is 0 Å². The van der Waals surface area contributed by atoms with Crippen LogP contribution in [0.2, 0.25) is 0 Å². The number of hydrogen-bond acceptors (Lipinski definition) is 1. The van der Waals surface area contributed by atoms with E-state index in [2.05, 4.69) is 170 Å². The van der Waals surface area contributed by atoms with E-state index in [9.17, 15) is 0 Å². The standard InChI is InChI=1S/C46H28S/c1-2-11-29(12-3-1)32-21-22-34-26-35(24-23-33(34)25-32)44-36-15-6-8-17-38(36)45(39-18-9-7-16-37(39)44)41-20-10-19-40-42-27-30-13-4-5-14-31(30)28-43(42)47-46(40)41/h1-28H. The third kappa shape index (κ3) is 4.14. The molecule has 0 bridgehead atoms. The summed E-state index contributed by atoms with van der Waals surface area (Å²) in [5.41, 5.74) is 7.65. The average molecular weight is 613 g/mol. The van der Waals surface area contributed by atoms with E-state index in [1.165, 1.54) is 96.6 Å². The van der Waals surface area contributed by atoms with Crippen LogP contribution < -0.4 is 0 Å². The third-order valence-corrected chi connectivity index (χ3v) is 11.0. The van der Waals surface area contributed by atoms with E-state index in [4.69, 9.17) is 0 Å². The summed E-state index contributed by atoms with van der Waals surface area (Å²) in [6.45, 7) is 0. The highest BCUT2D eigenvalue weighted by atomic mass is 32.1. The van der Waals surface area contributed by atoms with Crippen molar-refractivity contribution in [1.82, 2.24) is 0 Å². The van der Waals surface area contributed by atoms with Crippen molar-refractivity contribution < 1.29 is 0 Å². The minimum atomic E-state index is 1.24. The summed E-state index contributed by atoms with van der Waals surface area (Å²) < 4.78 is 2.68. The molecule has 0 unspecified atom stereocenters. The first-order chi connectivity index (χ1) is 23.3. The fourth-order valence-electron chi connectivity index (χ4n) is 7.62. The van der Waals surface area contributed by atoms with Crippen molar-refractivity contribution in [3.63, 3.8) is 0 Å². The molecule has 1 heteroatoms. The first-order valence-electron chi connectivity index (χ1n) is 16.2. The topological polar surface area (TPSA) is 0 Å². The number of benzene rings is 9. The Labute approximate surface area is 276 Å². The fraction of sp³-hybridized carbons (Fsp3) is 0. The third-order valence-electron chi connectivity index (χ3n) is 9.80. The van der Waals surface area contributed by atoms with Gasteiger partial charge in [-0.2, -0.15) is 0 Å². The van der Waals surface area contributed by atoms with Gasteiger partial charge in [0.25, 0.3) is 0 Å². The van der Waals surface area contributed by atoms with Crippen LogP contribution in [0.3, 0.4) is 0 Å². The van der Waals surface area contributed by atoms with Gasteiger partial charge in [0.05, 0.1) is 0 Å². The zero-order valence-corrected chi connectivity index (χ0v) is 26.4. The molecule has 0 radical (unpaired) electrons. The van der Waals surface area contributed by atoms with Crippen molar-refractivity contribution in [3.05, 3.63) is 170 Å². The van der Waals surface area contributed by atoms with Gasteiger partial charge >= 0.3 is 0 Å². The minimum absolute atomic E-state index is 1.24. The van der Waals surface area contributed by atoms with Gasteiger partial charge in [-0.15, -0.1) is 11.3 Å². The van der Waals surface area contributed by atoms with Crippen LogP contribution in [0.1, 0.15) is 0 Å². The normalized spacial score (nSPS) is 11.8. The molecule has 10 aromatic rings. The molecule has 0 nitrogen and oxygen atoms in total. The summed E-state index contributed by atoms with van der Waals surface area (Å²) in [5.74, 6) is 0. The van der Waals surface area contributed by atoms with Crippen molar-refractivity contribution in [2.45, 2.75) is 0 Å². The molecule has 0 aliphatic rings. The van der Waals surface area contributed by atoms with Gasteiger partial charge in [-0.05, 0) is 95.2 Å². The highest BCUT2D eigenvalue weighted by molar-refractivity contribution is 7.26. The molecule has 0 atom stereocenters. The van der Waals surface area contributed by atoms with Crippen LogP contribution in [0, 0.1) is 0 Å². The summed E-state index contributed by atoms with van der Waals surface area (Å²) in [7, 11) is 0. The molecular formula is C46H28S. The summed E-state index contributed by atoms with van der Waals surface area (Å²) in [6, 6.07) is 62.7. The molecule has 0 aliphatic carbocycles. The molecule has 0 amide bonds. The van der Waals surface area contributed by atoms with E-state index < -0.39 is 0 Å². The van der Waals surface area contributed by atoms with Gasteiger partial charge in [-0.25, -0.2) is 0 Å². The lowest BCUT2D eigenvalue weighted by molar-refractivity contribution is 1.64. The van der Waals surface area contributed by atoms with Crippen LogP contribution in [0.4, 0.5) is 0 Å². The van der Waals surface area contributed by atoms with Crippen molar-refractivity contribution >= 4 is 74.6 Å². The number of thiophene rings is 1. The van der Waals surface area contributed by atoms with E-state index >= 15 is 0 Å². The van der Waals surface area contributed by atoms with Crippen LogP contribution in [0.5, 0.6) is 0 Å². The van der Waals surface area contributed by atoms with Crippen molar-refractivity contribution in [2.75, 3.05) is 0 Å². The molecule has 10 rings (SSSR count). The van der Waals surface area contributed by atoms with Gasteiger partial charge in [-0.3, -0.25) is 0 Å². The van der Waals surface area contributed by atoms with Crippen LogP contribution >= 0.6 is 11.3 Å². The Morgan fingerprint density at radius 3 is 1.53 bits per heavy atom. The smallest absolute Gasteiger partial charge is 0.0434 e. The highest BCUT2D eigenvalue weighted by Crippen LogP contribution is 2.48. The molecule has 0 spiro atoms. The van der Waals surface area contributed by atoms with Gasteiger partial charge < -0.3 is 0 Å². The Kier molecular flexibility index (Phi) is 5.85. The molecule has 0 N–H and O–H groups in total. The molecule has 47 heavy (non-hydrogen) atoms. The predicted molar refractivity (Wildman–Crippen MR) is 206 cm³/mol. The maximum Gasteiger partial charge on any atom is 0.0434 e. The maximum absolute atomic E-state index is 2.37. The number of hydrogen-bond donors (Lipinski definition) is 0. The predicted octanol–water partition coefficient (Wildman–Crippen LogP) is 13.7. The second-order valence-corrected chi connectivity index (χ2v) is 13.5. The second kappa shape index (κ2) is 10.4. The zero-order chi connectivity index (χ0) is 30.9. The lowest BCUT2D eigenvalue weighted by Gasteiger charge is -2.18. The first kappa shape index (κ1) is 26.5. The Morgan fingerprint density at radius 2 is 0.830 bits per heavy atom. The van der Waals surface area contributed by atoms with E-state index in [0.717, 1.165) is 0 Å². The molecule has 1 aromatic heterocycles. The Morgan fingerprint density at radius 1 is 0.298 bits per heavy atom. The van der Waals surface area contributed by atoms with E-state index in [1.807, 2.05) is 11.3 Å². The largest absolute Gasteiger partial charge is 0.135 e. The number of rotatable bonds is 3. The SMILES string of the molecule is c1ccc(-c2ccc3cc(-c4c5ccccc5c(-c5cccc6c5sc5cc7ccccc7cc56)c5ccccc45)ccc3c2)cc1. The van der Waals surface area contributed by atoms with Crippen LogP contribution in [-0.4, -0.2) is 0 Å². The van der Waals surface area contributed by atoms with Gasteiger partial charge in [-0.1, -0.05) is 146 Å². The summed E-state index contributed by atoms with van der Waals surface area (Å²) in [5, 5.41) is 12.9. The van der Waals surface area contributed by atoms with E-state index in [0.29, 0.717) is 0 Å². The van der Waals surface area contributed by atoms with Crippen LogP contribution in [0.15, 0.2) is 170 Å².